The molecule has 0 aliphatic heterocycles. The van der Waals surface area contributed by atoms with Crippen molar-refractivity contribution < 1.29 is 4.74 Å². The van der Waals surface area contributed by atoms with Crippen LogP contribution in [0.25, 0.3) is 10.8 Å². The minimum atomic E-state index is 0.513. The van der Waals surface area contributed by atoms with E-state index in [9.17, 15) is 0 Å². The van der Waals surface area contributed by atoms with Crippen LogP contribution in [0.3, 0.4) is 0 Å². The standard InChI is InChI=1S/C18H26N2O/c1-14(13-19-9-10-20(2)3)15-5-6-17-12-18(21-4)8-7-16(17)11-15/h5-8,11-12,14,19H,9-10,13H2,1-4H3. The van der Waals surface area contributed by atoms with Crippen molar-refractivity contribution in [2.45, 2.75) is 12.8 Å². The van der Waals surface area contributed by atoms with E-state index in [0.717, 1.165) is 25.4 Å². The average Bonchev–Trinajstić information content (AvgIpc) is 2.50. The number of methoxy groups -OCH3 is 1. The van der Waals surface area contributed by atoms with Gasteiger partial charge in [0.25, 0.3) is 0 Å². The Bertz CT molecular complexity index is 580. The highest BCUT2D eigenvalue weighted by Crippen LogP contribution is 2.24. The van der Waals surface area contributed by atoms with Gasteiger partial charge in [-0.25, -0.2) is 0 Å². The molecule has 0 aliphatic rings. The molecule has 1 unspecified atom stereocenters. The van der Waals surface area contributed by atoms with E-state index in [0.29, 0.717) is 5.92 Å². The lowest BCUT2D eigenvalue weighted by atomic mass is 9.97. The normalized spacial score (nSPS) is 12.8. The number of hydrogen-bond donors (Lipinski definition) is 1. The Kier molecular flexibility index (Phi) is 5.59. The van der Waals surface area contributed by atoms with Crippen LogP contribution in [0, 0.1) is 0 Å². The first kappa shape index (κ1) is 15.8. The van der Waals surface area contributed by atoms with Crippen LogP contribution in [0.5, 0.6) is 5.75 Å². The molecule has 0 saturated carbocycles. The highest BCUT2D eigenvalue weighted by molar-refractivity contribution is 5.84. The lowest BCUT2D eigenvalue weighted by molar-refractivity contribution is 0.398. The molecular formula is C18H26N2O. The number of nitrogens with zero attached hydrogens (tertiary/aromatic N) is 1. The van der Waals surface area contributed by atoms with E-state index in [1.165, 1.54) is 16.3 Å². The summed E-state index contributed by atoms with van der Waals surface area (Å²) in [4.78, 5) is 2.20. The molecule has 0 heterocycles. The number of ether oxygens (including phenoxy) is 1. The van der Waals surface area contributed by atoms with Gasteiger partial charge in [0.05, 0.1) is 7.11 Å². The van der Waals surface area contributed by atoms with E-state index in [-0.39, 0.29) is 0 Å². The van der Waals surface area contributed by atoms with Crippen molar-refractivity contribution in [3.8, 4) is 5.75 Å². The summed E-state index contributed by atoms with van der Waals surface area (Å²) in [5.74, 6) is 1.42. The quantitative estimate of drug-likeness (QED) is 0.792. The first-order chi connectivity index (χ1) is 10.1. The van der Waals surface area contributed by atoms with Gasteiger partial charge in [-0.15, -0.1) is 0 Å². The monoisotopic (exact) mass is 286 g/mol. The Labute approximate surface area is 127 Å². The van der Waals surface area contributed by atoms with Crippen LogP contribution in [0.4, 0.5) is 0 Å². The van der Waals surface area contributed by atoms with E-state index in [2.05, 4.69) is 61.6 Å². The molecule has 1 atom stereocenters. The van der Waals surface area contributed by atoms with Crippen LogP contribution in [-0.2, 0) is 0 Å². The Morgan fingerprint density at radius 3 is 2.52 bits per heavy atom. The molecule has 0 aliphatic carbocycles. The van der Waals surface area contributed by atoms with E-state index in [1.807, 2.05) is 6.07 Å². The third kappa shape index (κ3) is 4.45. The Morgan fingerprint density at radius 2 is 1.81 bits per heavy atom. The highest BCUT2D eigenvalue weighted by Gasteiger charge is 2.06. The molecule has 114 valence electrons. The van der Waals surface area contributed by atoms with Crippen LogP contribution in [0.15, 0.2) is 36.4 Å². The first-order valence-corrected chi connectivity index (χ1v) is 7.53. The van der Waals surface area contributed by atoms with Crippen molar-refractivity contribution >= 4 is 10.8 Å². The molecule has 1 N–H and O–H groups in total. The summed E-state index contributed by atoms with van der Waals surface area (Å²) in [5, 5.41) is 6.02. The smallest absolute Gasteiger partial charge is 0.119 e. The van der Waals surface area contributed by atoms with E-state index >= 15 is 0 Å². The van der Waals surface area contributed by atoms with Gasteiger partial charge >= 0.3 is 0 Å². The maximum atomic E-state index is 5.27. The van der Waals surface area contributed by atoms with Crippen molar-refractivity contribution in [3.05, 3.63) is 42.0 Å². The van der Waals surface area contributed by atoms with Gasteiger partial charge in [0.2, 0.25) is 0 Å². The van der Waals surface area contributed by atoms with Gasteiger partial charge in [0.15, 0.2) is 0 Å². The zero-order valence-corrected chi connectivity index (χ0v) is 13.5. The summed E-state index contributed by atoms with van der Waals surface area (Å²) in [5.41, 5.74) is 1.38. The summed E-state index contributed by atoms with van der Waals surface area (Å²) >= 11 is 0. The number of likely N-dealkylation sites (N-methyl/N-ethyl adjacent to an activating group) is 1. The Balaban J connectivity index is 2.01. The molecule has 3 heteroatoms. The van der Waals surface area contributed by atoms with Crippen molar-refractivity contribution in [1.82, 2.24) is 10.2 Å². The topological polar surface area (TPSA) is 24.5 Å². The predicted molar refractivity (Wildman–Crippen MR) is 90.3 cm³/mol. The van der Waals surface area contributed by atoms with Gasteiger partial charge in [0.1, 0.15) is 5.75 Å². The van der Waals surface area contributed by atoms with Crippen LogP contribution >= 0.6 is 0 Å². The molecule has 0 aromatic heterocycles. The largest absolute Gasteiger partial charge is 0.497 e. The Hall–Kier alpha value is -1.58. The summed E-state index contributed by atoms with van der Waals surface area (Å²) in [6.07, 6.45) is 0. The second-order valence-electron chi connectivity index (χ2n) is 5.88. The molecule has 0 radical (unpaired) electrons. The zero-order valence-electron chi connectivity index (χ0n) is 13.5. The number of rotatable bonds is 7. The van der Waals surface area contributed by atoms with E-state index in [1.54, 1.807) is 7.11 Å². The molecule has 0 spiro atoms. The van der Waals surface area contributed by atoms with Crippen LogP contribution < -0.4 is 10.1 Å². The fourth-order valence-corrected chi connectivity index (χ4v) is 2.41. The predicted octanol–water partition coefficient (Wildman–Crippen LogP) is 3.10. The van der Waals surface area contributed by atoms with Crippen molar-refractivity contribution in [1.29, 1.82) is 0 Å². The van der Waals surface area contributed by atoms with Gasteiger partial charge in [-0.05, 0) is 48.5 Å². The molecular weight excluding hydrogens is 260 g/mol. The maximum absolute atomic E-state index is 5.27. The van der Waals surface area contributed by atoms with Crippen molar-refractivity contribution in [2.24, 2.45) is 0 Å². The third-order valence-corrected chi connectivity index (χ3v) is 3.83. The van der Waals surface area contributed by atoms with Gasteiger partial charge in [-0.1, -0.05) is 31.2 Å². The van der Waals surface area contributed by atoms with Crippen LogP contribution in [-0.4, -0.2) is 45.7 Å². The van der Waals surface area contributed by atoms with Gasteiger partial charge in [0, 0.05) is 19.6 Å². The summed E-state index contributed by atoms with van der Waals surface area (Å²) in [7, 11) is 5.91. The SMILES string of the molecule is COc1ccc2cc(C(C)CNCCN(C)C)ccc2c1. The fourth-order valence-electron chi connectivity index (χ4n) is 2.41. The molecule has 3 nitrogen and oxygen atoms in total. The molecule has 2 aromatic rings. The third-order valence-electron chi connectivity index (χ3n) is 3.83. The lowest BCUT2D eigenvalue weighted by Gasteiger charge is -2.15. The van der Waals surface area contributed by atoms with Crippen LogP contribution in [0.2, 0.25) is 0 Å². The molecule has 0 bridgehead atoms. The number of benzene rings is 2. The highest BCUT2D eigenvalue weighted by atomic mass is 16.5. The molecule has 2 rings (SSSR count). The molecule has 21 heavy (non-hydrogen) atoms. The summed E-state index contributed by atoms with van der Waals surface area (Å²) in [6.45, 7) is 5.38. The molecule has 0 saturated heterocycles. The van der Waals surface area contributed by atoms with Gasteiger partial charge in [-0.2, -0.15) is 0 Å². The maximum Gasteiger partial charge on any atom is 0.119 e. The van der Waals surface area contributed by atoms with Crippen LogP contribution in [0.1, 0.15) is 18.4 Å². The van der Waals surface area contributed by atoms with Crippen molar-refractivity contribution in [3.63, 3.8) is 0 Å². The number of hydrogen-bond acceptors (Lipinski definition) is 3. The Morgan fingerprint density at radius 1 is 1.10 bits per heavy atom. The summed E-state index contributed by atoms with van der Waals surface area (Å²) < 4.78 is 5.27. The van der Waals surface area contributed by atoms with E-state index < -0.39 is 0 Å². The minimum Gasteiger partial charge on any atom is -0.497 e. The molecule has 0 fully saturated rings. The number of fused-ring (bicyclic) bond motifs is 1. The second kappa shape index (κ2) is 7.43. The van der Waals surface area contributed by atoms with Crippen molar-refractivity contribution in [2.75, 3.05) is 40.8 Å². The first-order valence-electron chi connectivity index (χ1n) is 7.53. The number of nitrogens with one attached hydrogen (secondary N) is 1. The van der Waals surface area contributed by atoms with E-state index in [4.69, 9.17) is 4.74 Å². The molecule has 0 amide bonds. The lowest BCUT2D eigenvalue weighted by Crippen LogP contribution is -2.29. The van der Waals surface area contributed by atoms with Gasteiger partial charge < -0.3 is 15.0 Å². The molecule has 2 aromatic carbocycles. The van der Waals surface area contributed by atoms with Gasteiger partial charge in [-0.3, -0.25) is 0 Å². The summed E-state index contributed by atoms with van der Waals surface area (Å²) in [6, 6.07) is 12.9. The second-order valence-corrected chi connectivity index (χ2v) is 5.88. The fraction of sp³-hybridized carbons (Fsp3) is 0.444. The minimum absolute atomic E-state index is 0.513. The zero-order chi connectivity index (χ0) is 15.2. The average molecular weight is 286 g/mol.